The number of nitrogens with one attached hydrogen (secondary N) is 1. The van der Waals surface area contributed by atoms with Gasteiger partial charge in [-0.2, -0.15) is 0 Å². The lowest BCUT2D eigenvalue weighted by molar-refractivity contribution is 0.0902. The van der Waals surface area contributed by atoms with Crippen molar-refractivity contribution in [2.45, 2.75) is 32.2 Å². The Bertz CT molecular complexity index is 425. The lowest BCUT2D eigenvalue weighted by Crippen LogP contribution is -2.49. The van der Waals surface area contributed by atoms with E-state index in [2.05, 4.69) is 5.32 Å². The van der Waals surface area contributed by atoms with Crippen LogP contribution in [0.5, 0.6) is 5.75 Å². The van der Waals surface area contributed by atoms with Crippen molar-refractivity contribution in [3.05, 3.63) is 27.3 Å². The Kier molecular flexibility index (Phi) is 5.72. The van der Waals surface area contributed by atoms with E-state index in [-0.39, 0.29) is 17.2 Å². The van der Waals surface area contributed by atoms with Crippen molar-refractivity contribution in [1.82, 2.24) is 5.32 Å². The zero-order chi connectivity index (χ0) is 13.8. The highest BCUT2D eigenvalue weighted by molar-refractivity contribution is 14.1. The molecule has 100 valence electrons. The summed E-state index contributed by atoms with van der Waals surface area (Å²) < 4.78 is 0.721. The molecule has 2 N–H and O–H groups in total. The summed E-state index contributed by atoms with van der Waals surface area (Å²) >= 11 is 7.96. The van der Waals surface area contributed by atoms with Gasteiger partial charge in [-0.05, 0) is 53.6 Å². The first-order valence-electron chi connectivity index (χ1n) is 5.85. The van der Waals surface area contributed by atoms with E-state index in [4.69, 9.17) is 11.6 Å². The van der Waals surface area contributed by atoms with E-state index in [1.165, 1.54) is 6.07 Å². The molecule has 1 amide bonds. The van der Waals surface area contributed by atoms with Crippen molar-refractivity contribution >= 4 is 40.1 Å². The smallest absolute Gasteiger partial charge is 0.251 e. The second-order valence-electron chi connectivity index (χ2n) is 4.24. The molecule has 0 heterocycles. The average molecular weight is 382 g/mol. The van der Waals surface area contributed by atoms with Gasteiger partial charge >= 0.3 is 0 Å². The lowest BCUT2D eigenvalue weighted by Gasteiger charge is -2.30. The Morgan fingerprint density at radius 3 is 2.50 bits per heavy atom. The van der Waals surface area contributed by atoms with E-state index in [0.29, 0.717) is 11.4 Å². The van der Waals surface area contributed by atoms with Crippen LogP contribution in [0.15, 0.2) is 18.2 Å². The fourth-order valence-corrected chi connectivity index (χ4v) is 2.40. The van der Waals surface area contributed by atoms with Crippen molar-refractivity contribution in [3.63, 3.8) is 0 Å². The number of carbonyl (C=O) groups excluding carboxylic acids is 1. The van der Waals surface area contributed by atoms with Crippen LogP contribution in [0.25, 0.3) is 0 Å². The first-order chi connectivity index (χ1) is 8.48. The molecule has 1 rings (SSSR count). The lowest BCUT2D eigenvalue weighted by atomic mass is 9.94. The maximum atomic E-state index is 12.1. The van der Waals surface area contributed by atoms with Crippen LogP contribution in [0.4, 0.5) is 0 Å². The molecule has 0 spiro atoms. The third kappa shape index (κ3) is 3.51. The number of aromatic hydroxyl groups is 1. The maximum Gasteiger partial charge on any atom is 0.251 e. The predicted octanol–water partition coefficient (Wildman–Crippen LogP) is 3.52. The molecule has 18 heavy (non-hydrogen) atoms. The fraction of sp³-hybridized carbons (Fsp3) is 0.462. The number of benzene rings is 1. The Morgan fingerprint density at radius 2 is 2.06 bits per heavy atom. The van der Waals surface area contributed by atoms with Gasteiger partial charge in [0.25, 0.3) is 5.91 Å². The van der Waals surface area contributed by atoms with Gasteiger partial charge in [0.1, 0.15) is 5.75 Å². The summed E-state index contributed by atoms with van der Waals surface area (Å²) in [5.74, 6) is 0.293. The van der Waals surface area contributed by atoms with Crippen LogP contribution in [0, 0.1) is 3.57 Å². The highest BCUT2D eigenvalue weighted by Crippen LogP contribution is 2.22. The SMILES string of the molecule is CCC(CC)(CCl)NC(=O)c1ccc(I)c(O)c1. The van der Waals surface area contributed by atoms with E-state index >= 15 is 0 Å². The highest BCUT2D eigenvalue weighted by Gasteiger charge is 2.27. The number of phenolic OH excluding ortho intramolecular Hbond substituents is 1. The Labute approximate surface area is 126 Å². The molecule has 0 fully saturated rings. The second-order valence-corrected chi connectivity index (χ2v) is 5.67. The van der Waals surface area contributed by atoms with Crippen molar-refractivity contribution < 1.29 is 9.90 Å². The minimum absolute atomic E-state index is 0.118. The Balaban J connectivity index is 2.90. The summed E-state index contributed by atoms with van der Waals surface area (Å²) in [5, 5.41) is 12.6. The van der Waals surface area contributed by atoms with Crippen molar-refractivity contribution in [2.75, 3.05) is 5.88 Å². The standard InChI is InChI=1S/C13H17ClINO2/c1-3-13(4-2,8-14)16-12(18)9-5-6-10(15)11(17)7-9/h5-7,17H,3-4,8H2,1-2H3,(H,16,18). The molecule has 0 aliphatic heterocycles. The van der Waals surface area contributed by atoms with Gasteiger partial charge in [0.2, 0.25) is 0 Å². The molecule has 3 nitrogen and oxygen atoms in total. The van der Waals surface area contributed by atoms with Gasteiger partial charge in [-0.3, -0.25) is 4.79 Å². The summed E-state index contributed by atoms with van der Waals surface area (Å²) in [6, 6.07) is 4.88. The number of phenols is 1. The van der Waals surface area contributed by atoms with Gasteiger partial charge < -0.3 is 10.4 Å². The molecule has 0 aliphatic rings. The minimum Gasteiger partial charge on any atom is -0.507 e. The van der Waals surface area contributed by atoms with Crippen LogP contribution >= 0.6 is 34.2 Å². The van der Waals surface area contributed by atoms with Gasteiger partial charge in [-0.25, -0.2) is 0 Å². The van der Waals surface area contributed by atoms with Crippen LogP contribution in [-0.2, 0) is 0 Å². The number of alkyl halides is 1. The normalized spacial score (nSPS) is 11.3. The molecule has 0 atom stereocenters. The molecule has 0 radical (unpaired) electrons. The van der Waals surface area contributed by atoms with E-state index in [9.17, 15) is 9.90 Å². The average Bonchev–Trinajstić information content (AvgIpc) is 2.39. The largest absolute Gasteiger partial charge is 0.507 e. The van der Waals surface area contributed by atoms with Crippen molar-refractivity contribution in [3.8, 4) is 5.75 Å². The number of halogens is 2. The number of amides is 1. The first-order valence-corrected chi connectivity index (χ1v) is 7.46. The zero-order valence-corrected chi connectivity index (χ0v) is 13.4. The van der Waals surface area contributed by atoms with Crippen LogP contribution in [0.1, 0.15) is 37.0 Å². The minimum atomic E-state index is -0.378. The molecule has 0 saturated carbocycles. The molecule has 0 aliphatic carbocycles. The van der Waals surface area contributed by atoms with E-state index in [1.807, 2.05) is 36.4 Å². The van der Waals surface area contributed by atoms with E-state index < -0.39 is 0 Å². The summed E-state index contributed by atoms with van der Waals surface area (Å²) in [7, 11) is 0. The maximum absolute atomic E-state index is 12.1. The van der Waals surface area contributed by atoms with Crippen molar-refractivity contribution in [2.24, 2.45) is 0 Å². The van der Waals surface area contributed by atoms with Gasteiger partial charge in [0, 0.05) is 11.4 Å². The summed E-state index contributed by atoms with van der Waals surface area (Å²) in [5.41, 5.74) is 0.0707. The third-order valence-electron chi connectivity index (χ3n) is 3.20. The van der Waals surface area contributed by atoms with Gasteiger partial charge in [0.15, 0.2) is 0 Å². The van der Waals surface area contributed by atoms with Gasteiger partial charge in [0.05, 0.1) is 9.11 Å². The highest BCUT2D eigenvalue weighted by atomic mass is 127. The quantitative estimate of drug-likeness (QED) is 0.605. The van der Waals surface area contributed by atoms with Crippen molar-refractivity contribution in [1.29, 1.82) is 0 Å². The van der Waals surface area contributed by atoms with Gasteiger partial charge in [-0.1, -0.05) is 13.8 Å². The molecule has 1 aromatic rings. The molecule has 5 heteroatoms. The molecular weight excluding hydrogens is 365 g/mol. The topological polar surface area (TPSA) is 49.3 Å². The summed E-state index contributed by atoms with van der Waals surface area (Å²) in [4.78, 5) is 12.1. The monoisotopic (exact) mass is 381 g/mol. The molecular formula is C13H17ClINO2. The van der Waals surface area contributed by atoms with E-state index in [1.54, 1.807) is 12.1 Å². The van der Waals surface area contributed by atoms with Gasteiger partial charge in [-0.15, -0.1) is 11.6 Å². The number of hydrogen-bond acceptors (Lipinski definition) is 2. The van der Waals surface area contributed by atoms with E-state index in [0.717, 1.165) is 16.4 Å². The number of hydrogen-bond donors (Lipinski definition) is 2. The molecule has 0 unspecified atom stereocenters. The fourth-order valence-electron chi connectivity index (χ4n) is 1.62. The molecule has 1 aromatic carbocycles. The molecule has 0 saturated heterocycles. The Hall–Kier alpha value is -0.490. The van der Waals surface area contributed by atoms with Crippen LogP contribution in [0.3, 0.4) is 0 Å². The Morgan fingerprint density at radius 1 is 1.44 bits per heavy atom. The number of rotatable bonds is 5. The predicted molar refractivity (Wildman–Crippen MR) is 82.3 cm³/mol. The second kappa shape index (κ2) is 6.61. The zero-order valence-electron chi connectivity index (χ0n) is 10.5. The third-order valence-corrected chi connectivity index (χ3v) is 4.62. The molecule has 0 bridgehead atoms. The van der Waals surface area contributed by atoms with Crippen LogP contribution < -0.4 is 5.32 Å². The summed E-state index contributed by atoms with van der Waals surface area (Å²) in [6.45, 7) is 4.00. The summed E-state index contributed by atoms with van der Waals surface area (Å²) in [6.07, 6.45) is 1.55. The van der Waals surface area contributed by atoms with Crippen LogP contribution in [0.2, 0.25) is 0 Å². The molecule has 0 aromatic heterocycles. The first kappa shape index (κ1) is 15.6. The number of carbonyl (C=O) groups is 1. The van der Waals surface area contributed by atoms with Crippen LogP contribution in [-0.4, -0.2) is 22.4 Å².